The number of amides is 1. The smallest absolute Gasteiger partial charge is 0.274 e. The molecule has 0 atom stereocenters. The molecule has 4 N–H and O–H groups in total. The van der Waals surface area contributed by atoms with Crippen molar-refractivity contribution in [3.63, 3.8) is 0 Å². The largest absolute Gasteiger partial charge is 0.493 e. The van der Waals surface area contributed by atoms with Gasteiger partial charge < -0.3 is 30.7 Å². The van der Waals surface area contributed by atoms with Crippen LogP contribution < -0.4 is 21.1 Å². The van der Waals surface area contributed by atoms with Crippen molar-refractivity contribution in [2.75, 3.05) is 62.4 Å². The molecule has 1 saturated heterocycles. The van der Waals surface area contributed by atoms with E-state index in [0.29, 0.717) is 23.6 Å². The van der Waals surface area contributed by atoms with Crippen LogP contribution in [-0.2, 0) is 17.7 Å². The summed E-state index contributed by atoms with van der Waals surface area (Å²) in [6, 6.07) is 17.0. The van der Waals surface area contributed by atoms with Gasteiger partial charge in [-0.2, -0.15) is 0 Å². The monoisotopic (exact) mass is 528 g/mol. The van der Waals surface area contributed by atoms with Crippen molar-refractivity contribution in [2.45, 2.75) is 19.4 Å². The summed E-state index contributed by atoms with van der Waals surface area (Å²) in [6.07, 6.45) is 3.66. The number of nitrogens with one attached hydrogen (secondary N) is 2. The lowest BCUT2D eigenvalue weighted by molar-refractivity contribution is 0.0364. The number of anilines is 3. The summed E-state index contributed by atoms with van der Waals surface area (Å²) >= 11 is 0. The lowest BCUT2D eigenvalue weighted by Crippen LogP contribution is -2.38. The van der Waals surface area contributed by atoms with Crippen LogP contribution in [0.15, 0.2) is 73.2 Å². The average molecular weight is 529 g/mol. The SMILES string of the molecule is C=C(Nc1ccc2c(c1)CCO2)N(CCCN1CCOCC1)Cc1ccc(C(=O)Nc2ccccc2N)nc1. The Balaban J connectivity index is 1.23. The van der Waals surface area contributed by atoms with Gasteiger partial charge in [-0.05, 0) is 53.9 Å². The molecule has 0 bridgehead atoms. The van der Waals surface area contributed by atoms with E-state index < -0.39 is 0 Å². The first-order valence-electron chi connectivity index (χ1n) is 13.4. The molecule has 2 aromatic carbocycles. The van der Waals surface area contributed by atoms with Gasteiger partial charge >= 0.3 is 0 Å². The van der Waals surface area contributed by atoms with Gasteiger partial charge in [0.1, 0.15) is 11.4 Å². The highest BCUT2D eigenvalue weighted by Crippen LogP contribution is 2.28. The number of nitrogens with zero attached hydrogens (tertiary/aromatic N) is 3. The topological polar surface area (TPSA) is 105 Å². The normalized spacial score (nSPS) is 14.8. The Morgan fingerprint density at radius 2 is 1.92 bits per heavy atom. The van der Waals surface area contributed by atoms with E-state index in [9.17, 15) is 4.79 Å². The van der Waals surface area contributed by atoms with E-state index in [-0.39, 0.29) is 5.91 Å². The Bertz CT molecular complexity index is 1290. The van der Waals surface area contributed by atoms with E-state index in [2.05, 4.69) is 38.1 Å². The number of carbonyl (C=O) groups is 1. The van der Waals surface area contributed by atoms with Gasteiger partial charge in [0, 0.05) is 51.0 Å². The molecule has 9 nitrogen and oxygen atoms in total. The fourth-order valence-corrected chi connectivity index (χ4v) is 4.80. The van der Waals surface area contributed by atoms with E-state index >= 15 is 0 Å². The number of para-hydroxylation sites is 2. The third-order valence-electron chi connectivity index (χ3n) is 7.01. The second-order valence-corrected chi connectivity index (χ2v) is 9.81. The van der Waals surface area contributed by atoms with Crippen LogP contribution in [0.3, 0.4) is 0 Å². The Hall–Kier alpha value is -4.08. The minimum atomic E-state index is -0.298. The number of ether oxygens (including phenoxy) is 2. The molecule has 3 heterocycles. The Morgan fingerprint density at radius 1 is 1.08 bits per heavy atom. The summed E-state index contributed by atoms with van der Waals surface area (Å²) < 4.78 is 11.1. The standard InChI is InChI=1S/C30H36N6O3/c1-22(33-25-8-10-29-24(19-25)11-16-39-29)36(13-4-12-35-14-17-38-18-15-35)21-23-7-9-28(32-20-23)30(37)34-27-6-3-2-5-26(27)31/h2-3,5-10,19-20,33H,1,4,11-18,21,31H2,(H,34,37). The van der Waals surface area contributed by atoms with Gasteiger partial charge in [0.15, 0.2) is 0 Å². The number of rotatable bonds is 11. The van der Waals surface area contributed by atoms with Crippen LogP contribution in [0.1, 0.15) is 28.0 Å². The number of benzene rings is 2. The molecule has 5 rings (SSSR count). The molecule has 0 spiro atoms. The van der Waals surface area contributed by atoms with Gasteiger partial charge in [-0.1, -0.05) is 24.8 Å². The van der Waals surface area contributed by atoms with Crippen molar-refractivity contribution in [1.29, 1.82) is 0 Å². The van der Waals surface area contributed by atoms with Crippen molar-refractivity contribution < 1.29 is 14.3 Å². The second-order valence-electron chi connectivity index (χ2n) is 9.81. The predicted molar refractivity (Wildman–Crippen MR) is 154 cm³/mol. The van der Waals surface area contributed by atoms with Crippen LogP contribution in [-0.4, -0.2) is 66.7 Å². The molecule has 204 valence electrons. The molecule has 39 heavy (non-hydrogen) atoms. The zero-order valence-electron chi connectivity index (χ0n) is 22.2. The van der Waals surface area contributed by atoms with Gasteiger partial charge in [-0.3, -0.25) is 14.7 Å². The summed E-state index contributed by atoms with van der Waals surface area (Å²) in [5.74, 6) is 1.48. The van der Waals surface area contributed by atoms with E-state index in [1.807, 2.05) is 30.3 Å². The maximum atomic E-state index is 12.7. The number of morpholine rings is 1. The number of carbonyl (C=O) groups excluding carboxylic acids is 1. The van der Waals surface area contributed by atoms with Gasteiger partial charge in [-0.15, -0.1) is 0 Å². The first-order chi connectivity index (χ1) is 19.0. The minimum absolute atomic E-state index is 0.298. The van der Waals surface area contributed by atoms with E-state index in [1.54, 1.807) is 24.4 Å². The highest BCUT2D eigenvalue weighted by molar-refractivity contribution is 6.04. The van der Waals surface area contributed by atoms with Crippen molar-refractivity contribution in [3.8, 4) is 5.75 Å². The molecule has 2 aliphatic rings. The lowest BCUT2D eigenvalue weighted by atomic mass is 10.1. The fourth-order valence-electron chi connectivity index (χ4n) is 4.80. The summed E-state index contributed by atoms with van der Waals surface area (Å²) in [4.78, 5) is 21.8. The number of pyridine rings is 1. The van der Waals surface area contributed by atoms with Gasteiger partial charge in [-0.25, -0.2) is 0 Å². The third-order valence-corrected chi connectivity index (χ3v) is 7.01. The van der Waals surface area contributed by atoms with Gasteiger partial charge in [0.2, 0.25) is 0 Å². The molecule has 3 aromatic rings. The van der Waals surface area contributed by atoms with Crippen LogP contribution in [0.4, 0.5) is 17.1 Å². The third kappa shape index (κ3) is 7.07. The molecular formula is C30H36N6O3. The highest BCUT2D eigenvalue weighted by atomic mass is 16.5. The number of nitrogens with two attached hydrogens (primary N) is 1. The Kier molecular flexibility index (Phi) is 8.60. The van der Waals surface area contributed by atoms with Crippen LogP contribution in [0.5, 0.6) is 5.75 Å². The Morgan fingerprint density at radius 3 is 2.72 bits per heavy atom. The zero-order chi connectivity index (χ0) is 27.0. The van der Waals surface area contributed by atoms with Crippen molar-refractivity contribution in [2.24, 2.45) is 0 Å². The number of aromatic nitrogens is 1. The second kappa shape index (κ2) is 12.6. The van der Waals surface area contributed by atoms with E-state index in [0.717, 1.165) is 81.7 Å². The van der Waals surface area contributed by atoms with Crippen molar-refractivity contribution >= 4 is 23.0 Å². The molecule has 1 amide bonds. The lowest BCUT2D eigenvalue weighted by Gasteiger charge is -2.30. The quantitative estimate of drug-likeness (QED) is 0.321. The Labute approximate surface area is 229 Å². The molecule has 1 aromatic heterocycles. The number of hydrogen-bond acceptors (Lipinski definition) is 8. The van der Waals surface area contributed by atoms with Crippen molar-refractivity contribution in [3.05, 3.63) is 90.0 Å². The molecule has 0 radical (unpaired) electrons. The first kappa shape index (κ1) is 26.5. The first-order valence-corrected chi connectivity index (χ1v) is 13.4. The summed E-state index contributed by atoms with van der Waals surface area (Å²) in [5.41, 5.74) is 10.6. The molecule has 2 aliphatic heterocycles. The summed E-state index contributed by atoms with van der Waals surface area (Å²) in [7, 11) is 0. The summed E-state index contributed by atoms with van der Waals surface area (Å²) in [5, 5.41) is 6.31. The van der Waals surface area contributed by atoms with Crippen LogP contribution >= 0.6 is 0 Å². The maximum absolute atomic E-state index is 12.7. The molecule has 9 heteroatoms. The van der Waals surface area contributed by atoms with E-state index in [4.69, 9.17) is 15.2 Å². The van der Waals surface area contributed by atoms with Crippen LogP contribution in [0.2, 0.25) is 0 Å². The number of nitrogen functional groups attached to an aromatic ring is 1. The molecule has 0 unspecified atom stereocenters. The van der Waals surface area contributed by atoms with Crippen molar-refractivity contribution in [1.82, 2.24) is 14.8 Å². The highest BCUT2D eigenvalue weighted by Gasteiger charge is 2.16. The maximum Gasteiger partial charge on any atom is 0.274 e. The van der Waals surface area contributed by atoms with Crippen LogP contribution in [0.25, 0.3) is 0 Å². The fraction of sp³-hybridized carbons (Fsp3) is 0.333. The number of hydrogen-bond donors (Lipinski definition) is 3. The molecular weight excluding hydrogens is 492 g/mol. The zero-order valence-corrected chi connectivity index (χ0v) is 22.2. The van der Waals surface area contributed by atoms with E-state index in [1.165, 1.54) is 5.56 Å². The predicted octanol–water partition coefficient (Wildman–Crippen LogP) is 3.96. The van der Waals surface area contributed by atoms with Gasteiger partial charge in [0.05, 0.1) is 37.0 Å². The molecule has 0 saturated carbocycles. The minimum Gasteiger partial charge on any atom is -0.493 e. The molecule has 0 aliphatic carbocycles. The molecule has 1 fully saturated rings. The van der Waals surface area contributed by atoms with Gasteiger partial charge in [0.25, 0.3) is 5.91 Å². The van der Waals surface area contributed by atoms with Crippen LogP contribution in [0, 0.1) is 0 Å². The summed E-state index contributed by atoms with van der Waals surface area (Å²) in [6.45, 7) is 11.1. The number of fused-ring (bicyclic) bond motifs is 1. The average Bonchev–Trinajstić information content (AvgIpc) is 3.43.